The molecule has 0 N–H and O–H groups in total. The van der Waals surface area contributed by atoms with Gasteiger partial charge in [0.2, 0.25) is 0 Å². The van der Waals surface area contributed by atoms with Crippen molar-refractivity contribution >= 4 is 0 Å². The van der Waals surface area contributed by atoms with E-state index in [1.54, 1.807) is 0 Å². The van der Waals surface area contributed by atoms with E-state index in [1.807, 2.05) is 6.07 Å². The molecular formula is C15H24O2. The smallest absolute Gasteiger partial charge is 0.0700 e. The highest BCUT2D eigenvalue weighted by molar-refractivity contribution is 5.14. The summed E-state index contributed by atoms with van der Waals surface area (Å²) in [5.74, 6) is 0. The molecule has 0 aliphatic heterocycles. The molecule has 0 radical (unpaired) electrons. The van der Waals surface area contributed by atoms with Crippen molar-refractivity contribution in [3.05, 3.63) is 35.9 Å². The van der Waals surface area contributed by atoms with E-state index in [0.717, 1.165) is 45.7 Å². The molecule has 0 unspecified atom stereocenters. The molecule has 96 valence electrons. The lowest BCUT2D eigenvalue weighted by Gasteiger charge is -2.05. The second-order valence-electron chi connectivity index (χ2n) is 4.17. The van der Waals surface area contributed by atoms with Gasteiger partial charge in [-0.25, -0.2) is 0 Å². The fraction of sp³-hybridized carbons (Fsp3) is 0.600. The minimum absolute atomic E-state index is 0.721. The quantitative estimate of drug-likeness (QED) is 0.579. The third-order valence-electron chi connectivity index (χ3n) is 2.61. The molecule has 17 heavy (non-hydrogen) atoms. The molecule has 0 bridgehead atoms. The summed E-state index contributed by atoms with van der Waals surface area (Å²) in [5, 5.41) is 0. The van der Waals surface area contributed by atoms with E-state index in [0.29, 0.717) is 0 Å². The molecule has 0 spiro atoms. The predicted octanol–water partition coefficient (Wildman–Crippen LogP) is 3.45. The van der Waals surface area contributed by atoms with Crippen molar-refractivity contribution in [1.82, 2.24) is 0 Å². The number of benzene rings is 1. The monoisotopic (exact) mass is 236 g/mol. The highest BCUT2D eigenvalue weighted by atomic mass is 16.5. The average molecular weight is 236 g/mol. The first kappa shape index (κ1) is 14.2. The summed E-state index contributed by atoms with van der Waals surface area (Å²) < 4.78 is 10.9. The van der Waals surface area contributed by atoms with Crippen LogP contribution in [-0.4, -0.2) is 26.4 Å². The zero-order valence-electron chi connectivity index (χ0n) is 10.9. The van der Waals surface area contributed by atoms with Gasteiger partial charge >= 0.3 is 0 Å². The zero-order valence-corrected chi connectivity index (χ0v) is 10.9. The van der Waals surface area contributed by atoms with Crippen LogP contribution in [0, 0.1) is 0 Å². The summed E-state index contributed by atoms with van der Waals surface area (Å²) in [6.45, 7) is 5.31. The number of hydrogen-bond donors (Lipinski definition) is 0. The topological polar surface area (TPSA) is 18.5 Å². The first-order valence-corrected chi connectivity index (χ1v) is 6.63. The molecule has 0 heterocycles. The number of rotatable bonds is 10. The molecular weight excluding hydrogens is 212 g/mol. The Morgan fingerprint density at radius 2 is 1.47 bits per heavy atom. The van der Waals surface area contributed by atoms with Gasteiger partial charge in [0.15, 0.2) is 0 Å². The zero-order chi connectivity index (χ0) is 12.2. The summed E-state index contributed by atoms with van der Waals surface area (Å²) >= 11 is 0. The van der Waals surface area contributed by atoms with E-state index < -0.39 is 0 Å². The molecule has 0 aromatic heterocycles. The Balaban J connectivity index is 1.85. The fourth-order valence-electron chi connectivity index (χ4n) is 1.59. The minimum Gasteiger partial charge on any atom is -0.379 e. The standard InChI is InChI=1S/C15H24O2/c1-2-3-11-16-13-14-17-12-7-10-15-8-5-4-6-9-15/h4-6,8-9H,2-3,7,10-14H2,1H3. The van der Waals surface area contributed by atoms with Gasteiger partial charge < -0.3 is 9.47 Å². The molecule has 1 aromatic carbocycles. The molecule has 0 aliphatic carbocycles. The predicted molar refractivity (Wildman–Crippen MR) is 71.3 cm³/mol. The maximum absolute atomic E-state index is 5.51. The van der Waals surface area contributed by atoms with Crippen LogP contribution < -0.4 is 0 Å². The molecule has 0 saturated carbocycles. The molecule has 0 saturated heterocycles. The van der Waals surface area contributed by atoms with Crippen molar-refractivity contribution in [3.8, 4) is 0 Å². The number of ether oxygens (including phenoxy) is 2. The molecule has 0 fully saturated rings. The average Bonchev–Trinajstić information content (AvgIpc) is 2.38. The lowest BCUT2D eigenvalue weighted by atomic mass is 10.1. The third kappa shape index (κ3) is 7.94. The fourth-order valence-corrected chi connectivity index (χ4v) is 1.59. The Hall–Kier alpha value is -0.860. The van der Waals surface area contributed by atoms with E-state index in [-0.39, 0.29) is 0 Å². The van der Waals surface area contributed by atoms with Crippen LogP contribution in [0.15, 0.2) is 30.3 Å². The summed E-state index contributed by atoms with van der Waals surface area (Å²) in [5.41, 5.74) is 1.38. The number of unbranched alkanes of at least 4 members (excludes halogenated alkanes) is 1. The molecule has 0 aliphatic rings. The molecule has 2 nitrogen and oxygen atoms in total. The Morgan fingerprint density at radius 1 is 0.824 bits per heavy atom. The van der Waals surface area contributed by atoms with Crippen molar-refractivity contribution in [2.45, 2.75) is 32.6 Å². The highest BCUT2D eigenvalue weighted by Gasteiger charge is 1.93. The normalized spacial score (nSPS) is 10.6. The van der Waals surface area contributed by atoms with Crippen LogP contribution in [0.4, 0.5) is 0 Å². The molecule has 2 heteroatoms. The Kier molecular flexibility index (Phi) is 8.61. The van der Waals surface area contributed by atoms with Crippen molar-refractivity contribution in [2.24, 2.45) is 0 Å². The van der Waals surface area contributed by atoms with Gasteiger partial charge in [0.05, 0.1) is 13.2 Å². The lowest BCUT2D eigenvalue weighted by Crippen LogP contribution is -2.06. The van der Waals surface area contributed by atoms with Gasteiger partial charge in [-0.05, 0) is 24.8 Å². The Morgan fingerprint density at radius 3 is 2.12 bits per heavy atom. The van der Waals surface area contributed by atoms with Gasteiger partial charge in [-0.3, -0.25) is 0 Å². The van der Waals surface area contributed by atoms with E-state index in [9.17, 15) is 0 Å². The van der Waals surface area contributed by atoms with Crippen LogP contribution in [0.2, 0.25) is 0 Å². The number of hydrogen-bond acceptors (Lipinski definition) is 2. The maximum atomic E-state index is 5.51. The van der Waals surface area contributed by atoms with Crippen molar-refractivity contribution in [3.63, 3.8) is 0 Å². The first-order valence-electron chi connectivity index (χ1n) is 6.63. The van der Waals surface area contributed by atoms with Crippen LogP contribution in [0.3, 0.4) is 0 Å². The minimum atomic E-state index is 0.721. The number of aryl methyl sites for hydroxylation is 1. The van der Waals surface area contributed by atoms with Crippen molar-refractivity contribution < 1.29 is 9.47 Å². The second kappa shape index (κ2) is 10.3. The second-order valence-corrected chi connectivity index (χ2v) is 4.17. The van der Waals surface area contributed by atoms with Gasteiger partial charge in [-0.1, -0.05) is 43.7 Å². The third-order valence-corrected chi connectivity index (χ3v) is 2.61. The maximum Gasteiger partial charge on any atom is 0.0700 e. The van der Waals surface area contributed by atoms with Gasteiger partial charge in [-0.2, -0.15) is 0 Å². The van der Waals surface area contributed by atoms with Crippen LogP contribution in [0.25, 0.3) is 0 Å². The summed E-state index contributed by atoms with van der Waals surface area (Å²) in [4.78, 5) is 0. The van der Waals surface area contributed by atoms with E-state index in [4.69, 9.17) is 9.47 Å². The molecule has 1 aromatic rings. The lowest BCUT2D eigenvalue weighted by molar-refractivity contribution is 0.0459. The van der Waals surface area contributed by atoms with Crippen LogP contribution >= 0.6 is 0 Å². The SMILES string of the molecule is CCCCOCCOCCCc1ccccc1. The highest BCUT2D eigenvalue weighted by Crippen LogP contribution is 2.02. The Labute approximate surface area is 105 Å². The molecule has 0 amide bonds. The summed E-state index contributed by atoms with van der Waals surface area (Å²) in [7, 11) is 0. The summed E-state index contributed by atoms with van der Waals surface area (Å²) in [6.07, 6.45) is 4.52. The van der Waals surface area contributed by atoms with Crippen LogP contribution in [0.5, 0.6) is 0 Å². The van der Waals surface area contributed by atoms with Crippen molar-refractivity contribution in [1.29, 1.82) is 0 Å². The van der Waals surface area contributed by atoms with E-state index >= 15 is 0 Å². The largest absolute Gasteiger partial charge is 0.379 e. The first-order chi connectivity index (χ1) is 8.43. The summed E-state index contributed by atoms with van der Waals surface area (Å²) in [6, 6.07) is 10.5. The van der Waals surface area contributed by atoms with Crippen molar-refractivity contribution in [2.75, 3.05) is 26.4 Å². The van der Waals surface area contributed by atoms with E-state index in [1.165, 1.54) is 12.0 Å². The Bertz CT molecular complexity index is 259. The molecule has 0 atom stereocenters. The van der Waals surface area contributed by atoms with Gasteiger partial charge in [0, 0.05) is 13.2 Å². The van der Waals surface area contributed by atoms with E-state index in [2.05, 4.69) is 31.2 Å². The van der Waals surface area contributed by atoms with Gasteiger partial charge in [0.25, 0.3) is 0 Å². The van der Waals surface area contributed by atoms with Gasteiger partial charge in [-0.15, -0.1) is 0 Å². The van der Waals surface area contributed by atoms with Gasteiger partial charge in [0.1, 0.15) is 0 Å². The van der Waals surface area contributed by atoms with Crippen LogP contribution in [0.1, 0.15) is 31.7 Å². The van der Waals surface area contributed by atoms with Crippen LogP contribution in [-0.2, 0) is 15.9 Å². The molecule has 1 rings (SSSR count).